The number of para-hydroxylation sites is 1. The number of hydrogen-bond acceptors (Lipinski definition) is 5. The molecule has 1 aromatic carbocycles. The number of carbonyl (C=O) groups excluding carboxylic acids is 1. The van der Waals surface area contributed by atoms with Gasteiger partial charge < -0.3 is 24.8 Å². The van der Waals surface area contributed by atoms with Crippen LogP contribution in [-0.4, -0.2) is 85.9 Å². The number of aliphatic imine (C=N–C) groups is 1. The lowest BCUT2D eigenvalue weighted by atomic mass is 10.0. The highest BCUT2D eigenvalue weighted by Gasteiger charge is 2.28. The van der Waals surface area contributed by atoms with Gasteiger partial charge >= 0.3 is 0 Å². The first-order valence-electron chi connectivity index (χ1n) is 9.98. The summed E-state index contributed by atoms with van der Waals surface area (Å²) in [4.78, 5) is 23.0. The molecule has 0 radical (unpaired) electrons. The second-order valence-corrected chi connectivity index (χ2v) is 7.49. The number of piperazine rings is 1. The summed E-state index contributed by atoms with van der Waals surface area (Å²) in [5, 5.41) is 7.60. The van der Waals surface area contributed by atoms with E-state index in [1.807, 2.05) is 50.4 Å². The molecule has 1 aromatic heterocycles. The predicted molar refractivity (Wildman–Crippen MR) is 133 cm³/mol. The van der Waals surface area contributed by atoms with Gasteiger partial charge in [-0.2, -0.15) is 5.10 Å². The maximum absolute atomic E-state index is 12.7. The van der Waals surface area contributed by atoms with Crippen molar-refractivity contribution >= 4 is 41.5 Å². The summed E-state index contributed by atoms with van der Waals surface area (Å²) < 4.78 is 7.25. The number of hydrogen-bond donors (Lipinski definition) is 1. The zero-order valence-corrected chi connectivity index (χ0v) is 21.1. The highest BCUT2D eigenvalue weighted by molar-refractivity contribution is 14.0. The monoisotopic (exact) mass is 541 g/mol. The molecular weight excluding hydrogens is 509 g/mol. The van der Waals surface area contributed by atoms with E-state index in [9.17, 15) is 4.79 Å². The molecule has 0 bridgehead atoms. The highest BCUT2D eigenvalue weighted by atomic mass is 127. The molecule has 1 fully saturated rings. The van der Waals surface area contributed by atoms with Gasteiger partial charge in [0.1, 0.15) is 12.3 Å². The molecule has 1 amide bonds. The van der Waals surface area contributed by atoms with Crippen molar-refractivity contribution in [3.63, 3.8) is 0 Å². The van der Waals surface area contributed by atoms with Crippen LogP contribution in [0.25, 0.3) is 0 Å². The van der Waals surface area contributed by atoms with Gasteiger partial charge in [0, 0.05) is 45.5 Å². The second-order valence-electron chi connectivity index (χ2n) is 7.49. The maximum atomic E-state index is 12.7. The van der Waals surface area contributed by atoms with Gasteiger partial charge in [0.25, 0.3) is 0 Å². The van der Waals surface area contributed by atoms with Crippen molar-refractivity contribution in [2.75, 3.05) is 59.3 Å². The molecule has 31 heavy (non-hydrogen) atoms. The quantitative estimate of drug-likeness (QED) is 0.340. The van der Waals surface area contributed by atoms with E-state index in [1.165, 1.54) is 0 Å². The van der Waals surface area contributed by atoms with Gasteiger partial charge in [0.2, 0.25) is 5.91 Å². The number of rotatable bonds is 6. The molecule has 10 heteroatoms. The van der Waals surface area contributed by atoms with Gasteiger partial charge in [-0.25, -0.2) is 0 Å². The number of likely N-dealkylation sites (N-methyl/N-ethyl adjacent to an activating group) is 1. The average molecular weight is 541 g/mol. The zero-order valence-electron chi connectivity index (χ0n) is 18.8. The number of guanidine groups is 1. The van der Waals surface area contributed by atoms with Crippen LogP contribution in [0.5, 0.6) is 5.75 Å². The molecule has 0 saturated carbocycles. The van der Waals surface area contributed by atoms with Crippen LogP contribution in [0.1, 0.15) is 11.6 Å². The highest BCUT2D eigenvalue weighted by Crippen LogP contribution is 2.27. The number of aromatic nitrogens is 2. The van der Waals surface area contributed by atoms with Crippen molar-refractivity contribution in [2.45, 2.75) is 6.04 Å². The minimum absolute atomic E-state index is 0. The molecule has 0 spiro atoms. The van der Waals surface area contributed by atoms with E-state index in [0.29, 0.717) is 19.6 Å². The standard InChI is InChI=1S/C21H31N7O2.HI/c1-22-21(23-13-18(25(2)3)17-8-6-7-9-19(17)30-5)27-10-11-28(20(29)15-27)16-12-24-26(4)14-16;/h6-9,12,14,18H,10-11,13,15H2,1-5H3,(H,22,23);1H. The van der Waals surface area contributed by atoms with Crippen molar-refractivity contribution < 1.29 is 9.53 Å². The number of amides is 1. The van der Waals surface area contributed by atoms with Crippen molar-refractivity contribution in [2.24, 2.45) is 12.0 Å². The zero-order chi connectivity index (χ0) is 21.7. The summed E-state index contributed by atoms with van der Waals surface area (Å²) in [6.45, 7) is 2.20. The first-order chi connectivity index (χ1) is 14.4. The lowest BCUT2D eigenvalue weighted by Gasteiger charge is -2.36. The van der Waals surface area contributed by atoms with Gasteiger partial charge in [0.15, 0.2) is 5.96 Å². The summed E-state index contributed by atoms with van der Waals surface area (Å²) in [6, 6.07) is 8.11. The SMILES string of the molecule is CN=C(NCC(c1ccccc1OC)N(C)C)N1CCN(c2cnn(C)c2)C(=O)C1.I. The fraction of sp³-hybridized carbons (Fsp3) is 0.476. The lowest BCUT2D eigenvalue weighted by molar-refractivity contribution is -0.120. The van der Waals surface area contributed by atoms with E-state index < -0.39 is 0 Å². The van der Waals surface area contributed by atoms with Gasteiger partial charge in [-0.3, -0.25) is 14.5 Å². The summed E-state index contributed by atoms with van der Waals surface area (Å²) in [5.74, 6) is 1.61. The fourth-order valence-corrected chi connectivity index (χ4v) is 3.71. The Labute approximate surface area is 201 Å². The Bertz CT molecular complexity index is 899. The number of nitrogens with one attached hydrogen (secondary N) is 1. The van der Waals surface area contributed by atoms with E-state index in [2.05, 4.69) is 26.4 Å². The Kier molecular flexibility index (Phi) is 9.11. The third kappa shape index (κ3) is 5.88. The molecule has 0 aliphatic carbocycles. The predicted octanol–water partition coefficient (Wildman–Crippen LogP) is 1.57. The smallest absolute Gasteiger partial charge is 0.246 e. The number of halogens is 1. The number of carbonyl (C=O) groups is 1. The minimum Gasteiger partial charge on any atom is -0.496 e. The maximum Gasteiger partial charge on any atom is 0.246 e. The van der Waals surface area contributed by atoms with E-state index in [0.717, 1.165) is 23.0 Å². The third-order valence-electron chi connectivity index (χ3n) is 5.31. The fourth-order valence-electron chi connectivity index (χ4n) is 3.71. The molecule has 2 heterocycles. The first kappa shape index (κ1) is 24.9. The number of nitrogens with zero attached hydrogens (tertiary/aromatic N) is 6. The van der Waals surface area contributed by atoms with Crippen LogP contribution in [0.2, 0.25) is 0 Å². The number of benzene rings is 1. The topological polar surface area (TPSA) is 78.2 Å². The Morgan fingerprint density at radius 2 is 2.06 bits per heavy atom. The van der Waals surface area contributed by atoms with Crippen LogP contribution < -0.4 is 15.0 Å². The van der Waals surface area contributed by atoms with Gasteiger partial charge in [-0.15, -0.1) is 24.0 Å². The number of methoxy groups -OCH3 is 1. The van der Waals surface area contributed by atoms with E-state index in [1.54, 1.807) is 29.9 Å². The lowest BCUT2D eigenvalue weighted by Crippen LogP contribution is -2.56. The molecule has 3 rings (SSSR count). The van der Waals surface area contributed by atoms with Crippen LogP contribution in [0.15, 0.2) is 41.7 Å². The van der Waals surface area contributed by atoms with Crippen molar-refractivity contribution in [1.82, 2.24) is 24.9 Å². The van der Waals surface area contributed by atoms with Crippen LogP contribution >= 0.6 is 24.0 Å². The van der Waals surface area contributed by atoms with E-state index in [4.69, 9.17) is 4.74 Å². The average Bonchev–Trinajstić information content (AvgIpc) is 3.17. The normalized spacial score (nSPS) is 15.7. The molecule has 1 aliphatic rings. The van der Waals surface area contributed by atoms with Gasteiger partial charge in [-0.1, -0.05) is 18.2 Å². The molecule has 1 N–H and O–H groups in total. The van der Waals surface area contributed by atoms with Crippen LogP contribution in [0.3, 0.4) is 0 Å². The Morgan fingerprint density at radius 1 is 1.32 bits per heavy atom. The molecule has 1 saturated heterocycles. The van der Waals surface area contributed by atoms with Gasteiger partial charge in [0.05, 0.1) is 25.0 Å². The number of ether oxygens (including phenoxy) is 1. The number of anilines is 1. The Morgan fingerprint density at radius 3 is 2.65 bits per heavy atom. The molecule has 9 nitrogen and oxygen atoms in total. The Hall–Kier alpha value is -2.34. The molecule has 170 valence electrons. The second kappa shape index (κ2) is 11.3. The summed E-state index contributed by atoms with van der Waals surface area (Å²) >= 11 is 0. The molecular formula is C21H32IN7O2. The van der Waals surface area contributed by atoms with Crippen LogP contribution in [0.4, 0.5) is 5.69 Å². The molecule has 1 atom stereocenters. The van der Waals surface area contributed by atoms with Crippen molar-refractivity contribution in [1.29, 1.82) is 0 Å². The van der Waals surface area contributed by atoms with Crippen LogP contribution in [-0.2, 0) is 11.8 Å². The Balaban J connectivity index is 0.00000341. The first-order valence-corrected chi connectivity index (χ1v) is 9.98. The van der Waals surface area contributed by atoms with Gasteiger partial charge in [-0.05, 0) is 20.2 Å². The number of aryl methyl sites for hydroxylation is 1. The van der Waals surface area contributed by atoms with E-state index >= 15 is 0 Å². The summed E-state index contributed by atoms with van der Waals surface area (Å²) in [5.41, 5.74) is 1.93. The van der Waals surface area contributed by atoms with Crippen LogP contribution in [0, 0.1) is 0 Å². The largest absolute Gasteiger partial charge is 0.496 e. The summed E-state index contributed by atoms with van der Waals surface area (Å²) in [7, 11) is 9.35. The molecule has 1 unspecified atom stereocenters. The van der Waals surface area contributed by atoms with Crippen molar-refractivity contribution in [3.8, 4) is 5.75 Å². The van der Waals surface area contributed by atoms with Crippen molar-refractivity contribution in [3.05, 3.63) is 42.2 Å². The van der Waals surface area contributed by atoms with E-state index in [-0.39, 0.29) is 42.5 Å². The third-order valence-corrected chi connectivity index (χ3v) is 5.31. The molecule has 1 aliphatic heterocycles. The minimum atomic E-state index is 0. The summed E-state index contributed by atoms with van der Waals surface area (Å²) in [6.07, 6.45) is 3.57. The molecule has 2 aromatic rings.